The first-order valence-electron chi connectivity index (χ1n) is 12.0. The molecular formula is C29H20N2O9S2. The molecule has 0 aromatic heterocycles. The van der Waals surface area contributed by atoms with Gasteiger partial charge in [-0.15, -0.1) is 0 Å². The fourth-order valence-corrected chi connectivity index (χ4v) is 5.98. The number of benzene rings is 3. The topological polar surface area (TPSA) is 188 Å². The van der Waals surface area contributed by atoms with Gasteiger partial charge in [0, 0.05) is 27.1 Å². The van der Waals surface area contributed by atoms with Gasteiger partial charge in [-0.25, -0.2) is 4.98 Å². The molecule has 0 unspecified atom stereocenters. The highest BCUT2D eigenvalue weighted by Crippen LogP contribution is 2.30. The molecule has 0 fully saturated rings. The lowest BCUT2D eigenvalue weighted by molar-refractivity contribution is 0.481. The Kier molecular flexibility index (Phi) is 6.91. The summed E-state index contributed by atoms with van der Waals surface area (Å²) in [5.74, 6) is -0.755. The molecule has 0 saturated heterocycles. The highest BCUT2D eigenvalue weighted by Gasteiger charge is 2.25. The van der Waals surface area contributed by atoms with Gasteiger partial charge in [0.05, 0.1) is 26.7 Å². The van der Waals surface area contributed by atoms with E-state index in [-0.39, 0.29) is 43.5 Å². The van der Waals surface area contributed by atoms with E-state index in [1.807, 2.05) is 0 Å². The number of allylic oxidation sites excluding steroid dienone is 3. The van der Waals surface area contributed by atoms with Crippen molar-refractivity contribution in [1.82, 2.24) is 4.98 Å². The van der Waals surface area contributed by atoms with E-state index in [0.29, 0.717) is 0 Å². The first-order valence-corrected chi connectivity index (χ1v) is 14.8. The molecule has 1 heterocycles. The van der Waals surface area contributed by atoms with E-state index < -0.39 is 57.5 Å². The Hall–Kier alpha value is -4.95. The Morgan fingerprint density at radius 3 is 2.24 bits per heavy atom. The van der Waals surface area contributed by atoms with Crippen molar-refractivity contribution in [3.8, 4) is 0 Å². The summed E-state index contributed by atoms with van der Waals surface area (Å²) in [4.78, 5) is 29.9. The molecule has 0 bridgehead atoms. The number of aromatic nitrogens is 1. The van der Waals surface area contributed by atoms with Gasteiger partial charge < -0.3 is 10.4 Å². The monoisotopic (exact) mass is 604 g/mol. The molecule has 0 saturated carbocycles. The van der Waals surface area contributed by atoms with E-state index in [2.05, 4.69) is 23.5 Å². The third-order valence-corrected chi connectivity index (χ3v) is 8.23. The number of aliphatic hydroxyl groups excluding tert-OH is 1. The number of rotatable bonds is 7. The number of hydrogen-bond acceptors (Lipinski definition) is 9. The minimum atomic E-state index is -5.02. The van der Waals surface area contributed by atoms with E-state index in [1.54, 1.807) is 12.1 Å². The number of fused-ring (bicyclic) bond motifs is 2. The molecule has 212 valence electrons. The molecule has 3 aromatic rings. The fraction of sp³-hybridized carbons (Fsp3) is 0. The molecule has 13 heteroatoms. The summed E-state index contributed by atoms with van der Waals surface area (Å²) >= 11 is 0. The van der Waals surface area contributed by atoms with Crippen LogP contribution in [0.15, 0.2) is 111 Å². The molecule has 3 aromatic carbocycles. The van der Waals surface area contributed by atoms with Crippen molar-refractivity contribution in [2.45, 2.75) is 9.79 Å². The largest absolute Gasteiger partial charge is 0.506 e. The molecule has 11 nitrogen and oxygen atoms in total. The average molecular weight is 605 g/mol. The SMILES string of the molecule is C=C/C=C\C(=C)Nc1cc(S(=O)(=O)O)c2nc(=O)/c(=C(\O)c3cccc(S(=O)(=O)O)c3)c3c4ccccc4c(=O)c1c2=3. The van der Waals surface area contributed by atoms with Crippen LogP contribution in [-0.4, -0.2) is 36.0 Å². The number of anilines is 1. The number of nitrogens with one attached hydrogen (secondary N) is 1. The maximum Gasteiger partial charge on any atom is 0.296 e. The van der Waals surface area contributed by atoms with Crippen molar-refractivity contribution in [3.05, 3.63) is 133 Å². The van der Waals surface area contributed by atoms with Crippen LogP contribution >= 0.6 is 0 Å². The molecule has 0 amide bonds. The summed E-state index contributed by atoms with van der Waals surface area (Å²) in [5.41, 5.74) is -2.29. The van der Waals surface area contributed by atoms with E-state index in [1.165, 1.54) is 42.5 Å². The Balaban J connectivity index is 2.15. The van der Waals surface area contributed by atoms with Crippen LogP contribution < -0.4 is 21.5 Å². The Morgan fingerprint density at radius 1 is 0.905 bits per heavy atom. The second kappa shape index (κ2) is 10.2. The van der Waals surface area contributed by atoms with Gasteiger partial charge in [0.15, 0.2) is 5.43 Å². The number of hydrogen-bond donors (Lipinski definition) is 4. The predicted molar refractivity (Wildman–Crippen MR) is 157 cm³/mol. The molecule has 0 spiro atoms. The van der Waals surface area contributed by atoms with Crippen LogP contribution in [0, 0.1) is 10.4 Å². The van der Waals surface area contributed by atoms with Crippen LogP contribution in [0.5, 0.6) is 0 Å². The van der Waals surface area contributed by atoms with Gasteiger partial charge in [-0.2, -0.15) is 16.8 Å². The van der Waals surface area contributed by atoms with Gasteiger partial charge in [-0.1, -0.05) is 61.7 Å². The predicted octanol–water partition coefficient (Wildman–Crippen LogP) is 2.87. The molecular weight excluding hydrogens is 584 g/mol. The molecule has 4 N–H and O–H groups in total. The van der Waals surface area contributed by atoms with E-state index in [4.69, 9.17) is 0 Å². The van der Waals surface area contributed by atoms with Crippen LogP contribution in [0.2, 0.25) is 0 Å². The fourth-order valence-electron chi connectivity index (χ4n) is 4.79. The van der Waals surface area contributed by atoms with Gasteiger partial charge in [0.25, 0.3) is 25.8 Å². The molecule has 42 heavy (non-hydrogen) atoms. The third kappa shape index (κ3) is 4.80. The van der Waals surface area contributed by atoms with E-state index >= 15 is 0 Å². The lowest BCUT2D eigenvalue weighted by Crippen LogP contribution is -2.33. The first kappa shape index (κ1) is 28.6. The second-order valence-electron chi connectivity index (χ2n) is 9.13. The van der Waals surface area contributed by atoms with Crippen LogP contribution in [-0.2, 0) is 20.2 Å². The number of aliphatic hydroxyl groups is 1. The van der Waals surface area contributed by atoms with Crippen molar-refractivity contribution in [2.75, 3.05) is 5.32 Å². The quantitative estimate of drug-likeness (QED) is 0.158. The smallest absolute Gasteiger partial charge is 0.296 e. The van der Waals surface area contributed by atoms with Gasteiger partial charge in [-0.05, 0) is 29.7 Å². The molecule has 1 aliphatic carbocycles. The minimum absolute atomic E-state index is 0.0780. The molecule has 1 aliphatic heterocycles. The highest BCUT2D eigenvalue weighted by molar-refractivity contribution is 7.86. The maximum atomic E-state index is 13.9. The maximum absolute atomic E-state index is 13.9. The van der Waals surface area contributed by atoms with Gasteiger partial charge in [0.2, 0.25) is 0 Å². The Bertz CT molecular complexity index is 2470. The summed E-state index contributed by atoms with van der Waals surface area (Å²) in [7, 11) is -9.71. The van der Waals surface area contributed by atoms with Crippen LogP contribution in [0.25, 0.3) is 27.4 Å². The third-order valence-electron chi connectivity index (χ3n) is 6.51. The average Bonchev–Trinajstić information content (AvgIpc) is 2.93. The van der Waals surface area contributed by atoms with Gasteiger partial charge >= 0.3 is 0 Å². The highest BCUT2D eigenvalue weighted by atomic mass is 32.2. The van der Waals surface area contributed by atoms with Gasteiger partial charge in [-0.3, -0.25) is 18.7 Å². The summed E-state index contributed by atoms with van der Waals surface area (Å²) in [6.45, 7) is 7.39. The van der Waals surface area contributed by atoms with Crippen LogP contribution in [0.3, 0.4) is 0 Å². The van der Waals surface area contributed by atoms with Crippen molar-refractivity contribution >= 4 is 53.4 Å². The zero-order chi connectivity index (χ0) is 30.6. The second-order valence-corrected chi connectivity index (χ2v) is 11.9. The number of nitrogens with zero attached hydrogens (tertiary/aromatic N) is 1. The molecule has 0 atom stereocenters. The van der Waals surface area contributed by atoms with E-state index in [0.717, 1.165) is 18.2 Å². The zero-order valence-corrected chi connectivity index (χ0v) is 23.0. The summed E-state index contributed by atoms with van der Waals surface area (Å²) < 4.78 is 68.1. The van der Waals surface area contributed by atoms with Crippen LogP contribution in [0.1, 0.15) is 5.56 Å². The zero-order valence-electron chi connectivity index (χ0n) is 21.4. The van der Waals surface area contributed by atoms with E-state index in [9.17, 15) is 40.6 Å². The standard InChI is InChI=1S/C29H20N2O9S2/c1-3-4-8-15(2)30-20-14-21(42(38,39)40)26-24-22(18-11-5-6-12-19(18)28(33)23(20)24)25(29(34)31-26)27(32)16-9-7-10-17(13-16)41(35,36)37/h3-14,30,32H,1-2H2,(H,35,36,37)(H,38,39,40)/b8-4-,27-25-. The van der Waals surface area contributed by atoms with Crippen molar-refractivity contribution in [3.63, 3.8) is 0 Å². The Labute approximate surface area is 237 Å². The lowest BCUT2D eigenvalue weighted by atomic mass is 9.96. The summed E-state index contributed by atoms with van der Waals surface area (Å²) in [6, 6.07) is 11.5. The summed E-state index contributed by atoms with van der Waals surface area (Å²) in [5, 5.41) is 13.7. The first-order chi connectivity index (χ1) is 19.7. The molecule has 2 aliphatic rings. The minimum Gasteiger partial charge on any atom is -0.506 e. The van der Waals surface area contributed by atoms with Crippen molar-refractivity contribution in [1.29, 1.82) is 0 Å². The molecule has 0 radical (unpaired) electrons. The van der Waals surface area contributed by atoms with Gasteiger partial charge in [0.1, 0.15) is 10.7 Å². The summed E-state index contributed by atoms with van der Waals surface area (Å²) in [6.07, 6.45) is 4.48. The van der Waals surface area contributed by atoms with Crippen molar-refractivity contribution < 1.29 is 31.0 Å². The lowest BCUT2D eigenvalue weighted by Gasteiger charge is -2.15. The van der Waals surface area contributed by atoms with Crippen molar-refractivity contribution in [2.24, 2.45) is 0 Å². The van der Waals surface area contributed by atoms with Crippen LogP contribution in [0.4, 0.5) is 5.69 Å². The normalized spacial score (nSPS) is 13.2. The molecule has 5 rings (SSSR count). The Morgan fingerprint density at radius 2 is 1.60 bits per heavy atom.